The van der Waals surface area contributed by atoms with Crippen molar-refractivity contribution in [3.8, 4) is 5.75 Å². The van der Waals surface area contributed by atoms with E-state index in [1.54, 1.807) is 0 Å². The van der Waals surface area contributed by atoms with E-state index in [9.17, 15) is 0 Å². The first-order valence-electron chi connectivity index (χ1n) is 8.32. The molecule has 1 aliphatic heterocycles. The van der Waals surface area contributed by atoms with Gasteiger partial charge in [0.05, 0.1) is 5.71 Å². The molecule has 3 rings (SSSR count). The lowest BCUT2D eigenvalue weighted by molar-refractivity contribution is 0.303. The summed E-state index contributed by atoms with van der Waals surface area (Å²) in [6, 6.07) is 18.4. The minimum Gasteiger partial charge on any atom is -0.489 e. The first-order chi connectivity index (χ1) is 11.6. The number of benzene rings is 2. The molecule has 0 aliphatic carbocycles. The number of nitrogens with zero attached hydrogens (tertiary/aromatic N) is 2. The molecule has 1 heterocycles. The summed E-state index contributed by atoms with van der Waals surface area (Å²) in [4.78, 5) is 2.33. The van der Waals surface area contributed by atoms with Gasteiger partial charge in [0.2, 0.25) is 0 Å². The fourth-order valence-electron chi connectivity index (χ4n) is 3.13. The van der Waals surface area contributed by atoms with Crippen LogP contribution in [0.3, 0.4) is 0 Å². The Balaban J connectivity index is 1.62. The Morgan fingerprint density at radius 3 is 2.42 bits per heavy atom. The quantitative estimate of drug-likeness (QED) is 0.672. The van der Waals surface area contributed by atoms with Crippen LogP contribution in [0.5, 0.6) is 5.75 Å². The van der Waals surface area contributed by atoms with Crippen LogP contribution >= 0.6 is 0 Å². The molecule has 0 amide bonds. The van der Waals surface area contributed by atoms with Crippen molar-refractivity contribution in [3.05, 3.63) is 60.2 Å². The molecule has 2 aromatic rings. The lowest BCUT2D eigenvalue weighted by Gasteiger charge is -2.39. The van der Waals surface area contributed by atoms with Gasteiger partial charge in [-0.3, -0.25) is 0 Å². The number of rotatable bonds is 4. The Labute approximate surface area is 143 Å². The number of hydrogen-bond acceptors (Lipinski definition) is 4. The predicted molar refractivity (Wildman–Crippen MR) is 97.0 cm³/mol. The Hall–Kier alpha value is -2.49. The van der Waals surface area contributed by atoms with Crippen LogP contribution in [0, 0.1) is 5.41 Å². The Morgan fingerprint density at radius 1 is 1.08 bits per heavy atom. The largest absolute Gasteiger partial charge is 0.489 e. The second-order valence-corrected chi connectivity index (χ2v) is 6.87. The average Bonchev–Trinajstić information content (AvgIpc) is 2.60. The minimum atomic E-state index is -0.116. The summed E-state index contributed by atoms with van der Waals surface area (Å²) in [5.74, 6) is 0.872. The zero-order valence-corrected chi connectivity index (χ0v) is 14.3. The van der Waals surface area contributed by atoms with Crippen LogP contribution in [-0.2, 0) is 6.61 Å². The predicted octanol–water partition coefficient (Wildman–Crippen LogP) is 4.33. The fraction of sp³-hybridized carbons (Fsp3) is 0.350. The van der Waals surface area contributed by atoms with Gasteiger partial charge in [0.1, 0.15) is 12.4 Å². The van der Waals surface area contributed by atoms with Gasteiger partial charge in [-0.25, -0.2) is 0 Å². The molecular formula is C20H24N2O2. The maximum atomic E-state index is 9.13. The molecule has 0 unspecified atom stereocenters. The SMILES string of the molecule is CC1(C)CN(c2ccc(OCc3ccccc3)cc2)CC/C1=N/O. The lowest BCUT2D eigenvalue weighted by Crippen LogP contribution is -2.46. The van der Waals surface area contributed by atoms with E-state index < -0.39 is 0 Å². The van der Waals surface area contributed by atoms with Crippen LogP contribution in [-0.4, -0.2) is 24.0 Å². The number of oxime groups is 1. The standard InChI is InChI=1S/C20H24N2O2/c1-20(2)15-22(13-12-19(20)21-23)17-8-10-18(11-9-17)24-14-16-6-4-3-5-7-16/h3-11,23H,12-15H2,1-2H3/b21-19-. The first-order valence-corrected chi connectivity index (χ1v) is 8.32. The second-order valence-electron chi connectivity index (χ2n) is 6.87. The van der Waals surface area contributed by atoms with Gasteiger partial charge in [-0.1, -0.05) is 49.3 Å². The molecule has 24 heavy (non-hydrogen) atoms. The van der Waals surface area contributed by atoms with Gasteiger partial charge < -0.3 is 14.8 Å². The summed E-state index contributed by atoms with van der Waals surface area (Å²) < 4.78 is 5.84. The van der Waals surface area contributed by atoms with Gasteiger partial charge in [-0.05, 0) is 29.8 Å². The third kappa shape index (κ3) is 3.70. The molecule has 1 fully saturated rings. The van der Waals surface area contributed by atoms with E-state index in [-0.39, 0.29) is 5.41 Å². The van der Waals surface area contributed by atoms with Crippen LogP contribution in [0.15, 0.2) is 59.8 Å². The maximum Gasteiger partial charge on any atom is 0.119 e. The number of piperidine rings is 1. The molecule has 0 radical (unpaired) electrons. The van der Waals surface area contributed by atoms with Crippen LogP contribution in [0.2, 0.25) is 0 Å². The van der Waals surface area contributed by atoms with Gasteiger partial charge in [-0.2, -0.15) is 0 Å². The molecule has 1 saturated heterocycles. The van der Waals surface area contributed by atoms with Crippen LogP contribution in [0.25, 0.3) is 0 Å². The third-order valence-electron chi connectivity index (χ3n) is 4.56. The highest BCUT2D eigenvalue weighted by molar-refractivity contribution is 5.91. The normalized spacial score (nSPS) is 18.6. The van der Waals surface area contributed by atoms with E-state index in [1.165, 1.54) is 5.69 Å². The topological polar surface area (TPSA) is 45.1 Å². The highest BCUT2D eigenvalue weighted by Gasteiger charge is 2.33. The highest BCUT2D eigenvalue weighted by atomic mass is 16.5. The Bertz CT molecular complexity index is 693. The molecule has 0 atom stereocenters. The first kappa shape index (κ1) is 16.4. The van der Waals surface area contributed by atoms with Crippen molar-refractivity contribution in [1.29, 1.82) is 0 Å². The molecular weight excluding hydrogens is 300 g/mol. The molecule has 1 aliphatic rings. The minimum absolute atomic E-state index is 0.116. The molecule has 0 aromatic heterocycles. The highest BCUT2D eigenvalue weighted by Crippen LogP contribution is 2.30. The zero-order valence-electron chi connectivity index (χ0n) is 14.3. The van der Waals surface area contributed by atoms with Gasteiger partial charge in [0.15, 0.2) is 0 Å². The van der Waals surface area contributed by atoms with E-state index in [2.05, 4.69) is 48.2 Å². The fourth-order valence-corrected chi connectivity index (χ4v) is 3.13. The number of ether oxygens (including phenoxy) is 1. The third-order valence-corrected chi connectivity index (χ3v) is 4.56. The number of anilines is 1. The van der Waals surface area contributed by atoms with E-state index in [0.29, 0.717) is 6.61 Å². The second kappa shape index (κ2) is 6.95. The maximum absolute atomic E-state index is 9.13. The summed E-state index contributed by atoms with van der Waals surface area (Å²) in [5, 5.41) is 12.6. The van der Waals surface area contributed by atoms with Crippen molar-refractivity contribution in [1.82, 2.24) is 0 Å². The Morgan fingerprint density at radius 2 is 1.79 bits per heavy atom. The molecule has 1 N–H and O–H groups in total. The lowest BCUT2D eigenvalue weighted by atomic mass is 9.82. The smallest absolute Gasteiger partial charge is 0.119 e. The summed E-state index contributed by atoms with van der Waals surface area (Å²) in [5.41, 5.74) is 3.10. The average molecular weight is 324 g/mol. The summed E-state index contributed by atoms with van der Waals surface area (Å²) in [6.07, 6.45) is 0.787. The Kier molecular flexibility index (Phi) is 4.74. The van der Waals surface area contributed by atoms with Gasteiger partial charge in [0, 0.05) is 30.6 Å². The van der Waals surface area contributed by atoms with Gasteiger partial charge in [-0.15, -0.1) is 0 Å². The summed E-state index contributed by atoms with van der Waals surface area (Å²) >= 11 is 0. The van der Waals surface area contributed by atoms with Crippen LogP contribution in [0.4, 0.5) is 5.69 Å². The van der Waals surface area contributed by atoms with Gasteiger partial charge in [0.25, 0.3) is 0 Å². The monoisotopic (exact) mass is 324 g/mol. The van der Waals surface area contributed by atoms with Crippen LogP contribution < -0.4 is 9.64 Å². The van der Waals surface area contributed by atoms with Crippen molar-refractivity contribution in [3.63, 3.8) is 0 Å². The van der Waals surface area contributed by atoms with Crippen molar-refractivity contribution in [2.24, 2.45) is 10.6 Å². The van der Waals surface area contributed by atoms with E-state index in [1.807, 2.05) is 30.3 Å². The molecule has 0 saturated carbocycles. The molecule has 0 spiro atoms. The van der Waals surface area contributed by atoms with Crippen molar-refractivity contribution < 1.29 is 9.94 Å². The zero-order chi connectivity index (χ0) is 17.0. The number of hydrogen-bond donors (Lipinski definition) is 1. The van der Waals surface area contributed by atoms with Crippen LogP contribution in [0.1, 0.15) is 25.8 Å². The van der Waals surface area contributed by atoms with Crippen molar-refractivity contribution >= 4 is 11.4 Å². The molecule has 2 aromatic carbocycles. The summed E-state index contributed by atoms with van der Waals surface area (Å²) in [6.45, 7) is 6.52. The molecule has 0 bridgehead atoms. The van der Waals surface area contributed by atoms with Crippen molar-refractivity contribution in [2.45, 2.75) is 26.9 Å². The molecule has 4 nitrogen and oxygen atoms in total. The molecule has 4 heteroatoms. The molecule has 126 valence electrons. The van der Waals surface area contributed by atoms with E-state index in [0.717, 1.165) is 36.5 Å². The van der Waals surface area contributed by atoms with Gasteiger partial charge >= 0.3 is 0 Å². The summed E-state index contributed by atoms with van der Waals surface area (Å²) in [7, 11) is 0. The van der Waals surface area contributed by atoms with E-state index >= 15 is 0 Å². The van der Waals surface area contributed by atoms with E-state index in [4.69, 9.17) is 9.94 Å². The van der Waals surface area contributed by atoms with Crippen molar-refractivity contribution in [2.75, 3.05) is 18.0 Å².